The summed E-state index contributed by atoms with van der Waals surface area (Å²) in [5.74, 6) is -0.431. The molecule has 1 fully saturated rings. The number of hydrogen-bond acceptors (Lipinski definition) is 9. The van der Waals surface area contributed by atoms with Crippen molar-refractivity contribution in [3.63, 3.8) is 0 Å². The second-order valence-corrected chi connectivity index (χ2v) is 8.65. The zero-order chi connectivity index (χ0) is 25.4. The predicted octanol–water partition coefficient (Wildman–Crippen LogP) is 3.13. The number of ether oxygens (including phenoxy) is 5. The first-order chi connectivity index (χ1) is 16.8. The Bertz CT molecular complexity index is 978. The van der Waals surface area contributed by atoms with Crippen LogP contribution in [0.5, 0.6) is 11.5 Å². The van der Waals surface area contributed by atoms with E-state index in [2.05, 4.69) is 4.90 Å². The first kappa shape index (κ1) is 26.7. The van der Waals surface area contributed by atoms with Crippen molar-refractivity contribution in [2.24, 2.45) is 0 Å². The fourth-order valence-corrected chi connectivity index (χ4v) is 4.17. The highest BCUT2D eigenvalue weighted by Crippen LogP contribution is 2.43. The molecule has 0 aliphatic carbocycles. The van der Waals surface area contributed by atoms with Gasteiger partial charge in [0.15, 0.2) is 5.75 Å². The first-order valence-electron chi connectivity index (χ1n) is 12.1. The van der Waals surface area contributed by atoms with Crippen molar-refractivity contribution in [1.29, 1.82) is 0 Å². The minimum Gasteiger partial charge on any atom is -0.496 e. The molecule has 35 heavy (non-hydrogen) atoms. The van der Waals surface area contributed by atoms with Gasteiger partial charge in [0.1, 0.15) is 24.5 Å². The topological polar surface area (TPSA) is 101 Å². The SMILES string of the molecule is CCC(=O)Oc1c(C/C=C(\C)CCC(=O)OCCN2CCOCC2)c(OC)c(C)c2c1C(=O)OC2. The monoisotopic (exact) mass is 489 g/mol. The molecule has 2 aliphatic rings. The Hall–Kier alpha value is -2.91. The summed E-state index contributed by atoms with van der Waals surface area (Å²) >= 11 is 0. The van der Waals surface area contributed by atoms with Gasteiger partial charge in [-0.3, -0.25) is 14.5 Å². The van der Waals surface area contributed by atoms with E-state index in [1.807, 2.05) is 19.9 Å². The summed E-state index contributed by atoms with van der Waals surface area (Å²) in [7, 11) is 1.55. The van der Waals surface area contributed by atoms with Gasteiger partial charge in [-0.1, -0.05) is 18.6 Å². The smallest absolute Gasteiger partial charge is 0.342 e. The molecule has 0 saturated carbocycles. The van der Waals surface area contributed by atoms with Crippen LogP contribution in [0, 0.1) is 6.92 Å². The number of fused-ring (bicyclic) bond motifs is 1. The van der Waals surface area contributed by atoms with Gasteiger partial charge in [-0.25, -0.2) is 4.79 Å². The summed E-state index contributed by atoms with van der Waals surface area (Å²) in [6, 6.07) is 0. The van der Waals surface area contributed by atoms with E-state index < -0.39 is 11.9 Å². The minimum atomic E-state index is -0.508. The van der Waals surface area contributed by atoms with E-state index in [-0.39, 0.29) is 36.7 Å². The van der Waals surface area contributed by atoms with Crippen molar-refractivity contribution in [2.45, 2.75) is 53.1 Å². The number of benzene rings is 1. The first-order valence-corrected chi connectivity index (χ1v) is 12.1. The van der Waals surface area contributed by atoms with Gasteiger partial charge in [-0.2, -0.15) is 0 Å². The lowest BCUT2D eigenvalue weighted by molar-refractivity contribution is -0.144. The van der Waals surface area contributed by atoms with E-state index in [1.165, 1.54) is 0 Å². The number of esters is 3. The van der Waals surface area contributed by atoms with Gasteiger partial charge in [0.2, 0.25) is 0 Å². The standard InChI is InChI=1S/C26H35NO8/c1-5-21(28)35-25-19(24(31-4)18(3)20-16-34-26(30)23(20)25)8-6-17(2)7-9-22(29)33-15-12-27-10-13-32-14-11-27/h6H,5,7-16H2,1-4H3/b17-6+. The Morgan fingerprint density at radius 2 is 1.86 bits per heavy atom. The third-order valence-corrected chi connectivity index (χ3v) is 6.28. The summed E-state index contributed by atoms with van der Waals surface area (Å²) in [6.45, 7) is 9.83. The fraction of sp³-hybridized carbons (Fsp3) is 0.577. The number of rotatable bonds is 11. The van der Waals surface area contributed by atoms with Crippen molar-refractivity contribution < 1.29 is 38.1 Å². The Kier molecular flexibility index (Phi) is 9.68. The molecular formula is C26H35NO8. The van der Waals surface area contributed by atoms with E-state index in [0.29, 0.717) is 56.1 Å². The van der Waals surface area contributed by atoms with E-state index in [0.717, 1.165) is 24.2 Å². The van der Waals surface area contributed by atoms with Gasteiger partial charge < -0.3 is 23.7 Å². The molecule has 1 aromatic carbocycles. The third kappa shape index (κ3) is 6.82. The minimum absolute atomic E-state index is 0.121. The van der Waals surface area contributed by atoms with Crippen LogP contribution < -0.4 is 9.47 Å². The summed E-state index contributed by atoms with van der Waals surface area (Å²) in [5, 5.41) is 0. The summed E-state index contributed by atoms with van der Waals surface area (Å²) in [5.41, 5.74) is 3.34. The van der Waals surface area contributed by atoms with Crippen LogP contribution in [0.1, 0.15) is 60.2 Å². The lowest BCUT2D eigenvalue weighted by Crippen LogP contribution is -2.38. The molecule has 0 amide bonds. The van der Waals surface area contributed by atoms with E-state index >= 15 is 0 Å². The average Bonchev–Trinajstić information content (AvgIpc) is 3.25. The number of carbonyl (C=O) groups is 3. The van der Waals surface area contributed by atoms with Gasteiger partial charge in [0, 0.05) is 43.6 Å². The zero-order valence-corrected chi connectivity index (χ0v) is 21.1. The molecule has 9 nitrogen and oxygen atoms in total. The van der Waals surface area contributed by atoms with Gasteiger partial charge in [0.25, 0.3) is 0 Å². The summed E-state index contributed by atoms with van der Waals surface area (Å²) in [4.78, 5) is 38.9. The molecule has 1 aromatic rings. The van der Waals surface area contributed by atoms with Crippen LogP contribution in [0.4, 0.5) is 0 Å². The van der Waals surface area contributed by atoms with Crippen LogP contribution in [0.2, 0.25) is 0 Å². The number of methoxy groups -OCH3 is 1. The number of cyclic esters (lactones) is 1. The van der Waals surface area contributed by atoms with Crippen LogP contribution in [0.25, 0.3) is 0 Å². The highest BCUT2D eigenvalue weighted by Gasteiger charge is 2.33. The number of allylic oxidation sites excluding steroid dienone is 2. The maximum absolute atomic E-state index is 12.4. The molecule has 0 spiro atoms. The number of hydrogen-bond donors (Lipinski definition) is 0. The molecule has 2 aliphatic heterocycles. The van der Waals surface area contributed by atoms with Crippen LogP contribution in [0.3, 0.4) is 0 Å². The third-order valence-electron chi connectivity index (χ3n) is 6.28. The van der Waals surface area contributed by atoms with Crippen molar-refractivity contribution in [3.05, 3.63) is 33.9 Å². The molecule has 0 bridgehead atoms. The predicted molar refractivity (Wildman–Crippen MR) is 128 cm³/mol. The molecule has 1 saturated heterocycles. The van der Waals surface area contributed by atoms with Crippen LogP contribution in [-0.2, 0) is 36.8 Å². The average molecular weight is 490 g/mol. The molecule has 0 unspecified atom stereocenters. The van der Waals surface area contributed by atoms with E-state index in [4.69, 9.17) is 23.7 Å². The highest BCUT2D eigenvalue weighted by atomic mass is 16.6. The zero-order valence-electron chi connectivity index (χ0n) is 21.1. The number of morpholine rings is 1. The second kappa shape index (κ2) is 12.7. The lowest BCUT2D eigenvalue weighted by Gasteiger charge is -2.26. The molecule has 0 atom stereocenters. The van der Waals surface area contributed by atoms with Crippen molar-refractivity contribution in [2.75, 3.05) is 46.6 Å². The summed E-state index contributed by atoms with van der Waals surface area (Å²) in [6.07, 6.45) is 3.30. The molecular weight excluding hydrogens is 454 g/mol. The molecule has 0 radical (unpaired) electrons. The van der Waals surface area contributed by atoms with Gasteiger partial charge in [0.05, 0.1) is 20.3 Å². The number of nitrogens with zero attached hydrogens (tertiary/aromatic N) is 1. The molecule has 2 heterocycles. The Labute approximate surface area is 206 Å². The van der Waals surface area contributed by atoms with Crippen molar-refractivity contribution >= 4 is 17.9 Å². The van der Waals surface area contributed by atoms with Crippen LogP contribution >= 0.6 is 0 Å². The van der Waals surface area contributed by atoms with Crippen molar-refractivity contribution in [3.8, 4) is 11.5 Å². The van der Waals surface area contributed by atoms with E-state index in [9.17, 15) is 14.4 Å². The van der Waals surface area contributed by atoms with Gasteiger partial charge in [-0.05, 0) is 32.3 Å². The molecule has 192 valence electrons. The second-order valence-electron chi connectivity index (χ2n) is 8.65. The fourth-order valence-electron chi connectivity index (χ4n) is 4.17. The lowest BCUT2D eigenvalue weighted by atomic mass is 9.94. The quantitative estimate of drug-likeness (QED) is 0.264. The molecule has 0 aromatic heterocycles. The highest BCUT2D eigenvalue weighted by molar-refractivity contribution is 5.99. The van der Waals surface area contributed by atoms with Gasteiger partial charge >= 0.3 is 17.9 Å². The molecule has 3 rings (SSSR count). The summed E-state index contributed by atoms with van der Waals surface area (Å²) < 4.78 is 27.1. The maximum Gasteiger partial charge on any atom is 0.342 e. The normalized spacial score (nSPS) is 16.0. The van der Waals surface area contributed by atoms with Crippen LogP contribution in [0.15, 0.2) is 11.6 Å². The molecule has 0 N–H and O–H groups in total. The Morgan fingerprint density at radius 1 is 1.11 bits per heavy atom. The Balaban J connectivity index is 1.66. The Morgan fingerprint density at radius 3 is 2.54 bits per heavy atom. The van der Waals surface area contributed by atoms with Crippen LogP contribution in [-0.4, -0.2) is 69.4 Å². The molecule has 9 heteroatoms. The van der Waals surface area contributed by atoms with Crippen molar-refractivity contribution in [1.82, 2.24) is 4.90 Å². The number of carbonyl (C=O) groups excluding carboxylic acids is 3. The largest absolute Gasteiger partial charge is 0.496 e. The van der Waals surface area contributed by atoms with Gasteiger partial charge in [-0.15, -0.1) is 0 Å². The van der Waals surface area contributed by atoms with E-state index in [1.54, 1.807) is 14.0 Å². The maximum atomic E-state index is 12.4.